The summed E-state index contributed by atoms with van der Waals surface area (Å²) in [5.74, 6) is 1.53. The van der Waals surface area contributed by atoms with Crippen molar-refractivity contribution in [2.75, 3.05) is 32.2 Å². The van der Waals surface area contributed by atoms with Crippen molar-refractivity contribution in [1.82, 2.24) is 9.97 Å². The van der Waals surface area contributed by atoms with Crippen molar-refractivity contribution in [3.8, 4) is 5.88 Å². The highest BCUT2D eigenvalue weighted by Gasteiger charge is 2.29. The molecule has 0 aromatic carbocycles. The van der Waals surface area contributed by atoms with E-state index in [1.165, 1.54) is 6.33 Å². The first-order chi connectivity index (χ1) is 9.21. The lowest BCUT2D eigenvalue weighted by Crippen LogP contribution is -2.49. The molecule has 0 aliphatic carbocycles. The highest BCUT2D eigenvalue weighted by atomic mass is 16.5. The van der Waals surface area contributed by atoms with E-state index in [-0.39, 0.29) is 12.1 Å². The van der Waals surface area contributed by atoms with Gasteiger partial charge in [-0.2, -0.15) is 0 Å². The second kappa shape index (κ2) is 6.16. The Balaban J connectivity index is 2.25. The van der Waals surface area contributed by atoms with Crippen LogP contribution in [-0.2, 0) is 4.74 Å². The molecule has 0 spiro atoms. The zero-order valence-electron chi connectivity index (χ0n) is 11.8. The average Bonchev–Trinajstić information content (AvgIpc) is 2.47. The fraction of sp³-hybridized carbons (Fsp3) is 0.692. The van der Waals surface area contributed by atoms with Gasteiger partial charge >= 0.3 is 0 Å². The minimum atomic E-state index is 0.247. The van der Waals surface area contributed by atoms with E-state index < -0.39 is 0 Å². The average molecular weight is 266 g/mol. The second-order valence-electron chi connectivity index (χ2n) is 4.80. The van der Waals surface area contributed by atoms with E-state index in [0.717, 1.165) is 30.8 Å². The molecule has 2 heterocycles. The monoisotopic (exact) mass is 266 g/mol. The molecule has 2 atom stereocenters. The van der Waals surface area contributed by atoms with Crippen molar-refractivity contribution in [3.05, 3.63) is 11.9 Å². The molecule has 1 aliphatic rings. The minimum Gasteiger partial charge on any atom is -0.481 e. The molecule has 106 valence electrons. The number of anilines is 1. The van der Waals surface area contributed by atoms with Gasteiger partial charge in [0.25, 0.3) is 0 Å². The van der Waals surface area contributed by atoms with Crippen LogP contribution in [0.2, 0.25) is 0 Å². The van der Waals surface area contributed by atoms with E-state index in [1.54, 1.807) is 14.2 Å². The molecular weight excluding hydrogens is 244 g/mol. The third-order valence-corrected chi connectivity index (χ3v) is 3.75. The standard InChI is InChI=1S/C13H22N4O2/c1-9-12(15-8-16-13(9)19-3)17-5-4-11(18-2)6-10(17)7-14/h8,10-11H,4-7,14H2,1-3H3. The van der Waals surface area contributed by atoms with Crippen LogP contribution in [0.25, 0.3) is 0 Å². The topological polar surface area (TPSA) is 73.5 Å². The highest BCUT2D eigenvalue weighted by molar-refractivity contribution is 5.51. The van der Waals surface area contributed by atoms with E-state index in [9.17, 15) is 0 Å². The predicted molar refractivity (Wildman–Crippen MR) is 73.5 cm³/mol. The summed E-state index contributed by atoms with van der Waals surface area (Å²) >= 11 is 0. The number of hydrogen-bond acceptors (Lipinski definition) is 6. The van der Waals surface area contributed by atoms with Crippen molar-refractivity contribution in [2.45, 2.75) is 31.9 Å². The first-order valence-corrected chi connectivity index (χ1v) is 6.56. The normalized spacial score (nSPS) is 23.5. The van der Waals surface area contributed by atoms with Gasteiger partial charge in [0.05, 0.1) is 18.8 Å². The van der Waals surface area contributed by atoms with Gasteiger partial charge in [0.1, 0.15) is 12.1 Å². The van der Waals surface area contributed by atoms with Gasteiger partial charge in [-0.05, 0) is 19.8 Å². The predicted octanol–water partition coefficient (Wildman–Crippen LogP) is 0.736. The summed E-state index contributed by atoms with van der Waals surface area (Å²) in [6.07, 6.45) is 3.74. The molecule has 1 saturated heterocycles. The Morgan fingerprint density at radius 1 is 1.42 bits per heavy atom. The van der Waals surface area contributed by atoms with Crippen LogP contribution in [0.5, 0.6) is 5.88 Å². The number of piperidine rings is 1. The van der Waals surface area contributed by atoms with E-state index in [4.69, 9.17) is 15.2 Å². The quantitative estimate of drug-likeness (QED) is 0.866. The molecule has 6 heteroatoms. The Hall–Kier alpha value is -1.40. The molecule has 6 nitrogen and oxygen atoms in total. The summed E-state index contributed by atoms with van der Waals surface area (Å²) in [6, 6.07) is 0.247. The van der Waals surface area contributed by atoms with Crippen molar-refractivity contribution < 1.29 is 9.47 Å². The molecule has 1 fully saturated rings. The van der Waals surface area contributed by atoms with Gasteiger partial charge in [0.2, 0.25) is 5.88 Å². The summed E-state index contributed by atoms with van der Waals surface area (Å²) in [6.45, 7) is 3.46. The minimum absolute atomic E-state index is 0.247. The molecule has 0 saturated carbocycles. The molecule has 0 radical (unpaired) electrons. The van der Waals surface area contributed by atoms with Gasteiger partial charge in [-0.1, -0.05) is 0 Å². The van der Waals surface area contributed by atoms with Crippen LogP contribution in [0.4, 0.5) is 5.82 Å². The van der Waals surface area contributed by atoms with Crippen LogP contribution in [0.1, 0.15) is 18.4 Å². The Bertz CT molecular complexity index is 427. The lowest BCUT2D eigenvalue weighted by Gasteiger charge is -2.39. The van der Waals surface area contributed by atoms with Gasteiger partial charge in [0.15, 0.2) is 0 Å². The molecule has 1 aromatic rings. The van der Waals surface area contributed by atoms with Crippen LogP contribution < -0.4 is 15.4 Å². The highest BCUT2D eigenvalue weighted by Crippen LogP contribution is 2.29. The fourth-order valence-corrected chi connectivity index (χ4v) is 2.65. The Labute approximate surface area is 113 Å². The lowest BCUT2D eigenvalue weighted by atomic mass is 9.99. The molecule has 2 N–H and O–H groups in total. The Morgan fingerprint density at radius 3 is 2.84 bits per heavy atom. The maximum Gasteiger partial charge on any atom is 0.221 e. The van der Waals surface area contributed by atoms with Gasteiger partial charge < -0.3 is 20.1 Å². The zero-order valence-corrected chi connectivity index (χ0v) is 11.8. The van der Waals surface area contributed by atoms with Crippen LogP contribution in [-0.4, -0.2) is 49.4 Å². The molecule has 0 amide bonds. The largest absolute Gasteiger partial charge is 0.481 e. The van der Waals surface area contributed by atoms with E-state index in [0.29, 0.717) is 12.4 Å². The van der Waals surface area contributed by atoms with Gasteiger partial charge in [-0.3, -0.25) is 0 Å². The van der Waals surface area contributed by atoms with Crippen LogP contribution >= 0.6 is 0 Å². The summed E-state index contributed by atoms with van der Waals surface area (Å²) in [5, 5.41) is 0. The number of ether oxygens (including phenoxy) is 2. The number of methoxy groups -OCH3 is 2. The molecule has 0 bridgehead atoms. The summed E-state index contributed by atoms with van der Waals surface area (Å²) < 4.78 is 10.7. The van der Waals surface area contributed by atoms with Crippen molar-refractivity contribution in [3.63, 3.8) is 0 Å². The SMILES string of the molecule is COc1ncnc(N2CCC(OC)CC2CN)c1C. The molecule has 2 unspecified atom stereocenters. The number of hydrogen-bond donors (Lipinski definition) is 1. The van der Waals surface area contributed by atoms with E-state index in [2.05, 4.69) is 14.9 Å². The molecule has 1 aliphatic heterocycles. The van der Waals surface area contributed by atoms with Gasteiger partial charge in [-0.15, -0.1) is 0 Å². The summed E-state index contributed by atoms with van der Waals surface area (Å²) in [7, 11) is 3.38. The summed E-state index contributed by atoms with van der Waals surface area (Å²) in [5.41, 5.74) is 6.85. The van der Waals surface area contributed by atoms with E-state index >= 15 is 0 Å². The second-order valence-corrected chi connectivity index (χ2v) is 4.80. The first-order valence-electron chi connectivity index (χ1n) is 6.56. The molecule has 1 aromatic heterocycles. The maximum atomic E-state index is 5.90. The van der Waals surface area contributed by atoms with Crippen molar-refractivity contribution >= 4 is 5.82 Å². The van der Waals surface area contributed by atoms with E-state index in [1.807, 2.05) is 6.92 Å². The van der Waals surface area contributed by atoms with Crippen LogP contribution in [0.3, 0.4) is 0 Å². The molecule has 2 rings (SSSR count). The Kier molecular flexibility index (Phi) is 4.55. The fourth-order valence-electron chi connectivity index (χ4n) is 2.65. The third-order valence-electron chi connectivity index (χ3n) is 3.75. The van der Waals surface area contributed by atoms with Crippen molar-refractivity contribution in [1.29, 1.82) is 0 Å². The number of rotatable bonds is 4. The smallest absolute Gasteiger partial charge is 0.221 e. The maximum absolute atomic E-state index is 5.90. The first kappa shape index (κ1) is 14.0. The van der Waals surface area contributed by atoms with Crippen LogP contribution in [0.15, 0.2) is 6.33 Å². The zero-order chi connectivity index (χ0) is 13.8. The number of nitrogens with two attached hydrogens (primary N) is 1. The number of nitrogens with zero attached hydrogens (tertiary/aromatic N) is 3. The Morgan fingerprint density at radius 2 is 2.21 bits per heavy atom. The van der Waals surface area contributed by atoms with Crippen molar-refractivity contribution in [2.24, 2.45) is 5.73 Å². The van der Waals surface area contributed by atoms with Gasteiger partial charge in [0, 0.05) is 26.2 Å². The third kappa shape index (κ3) is 2.79. The summed E-state index contributed by atoms with van der Waals surface area (Å²) in [4.78, 5) is 10.8. The molecular formula is C13H22N4O2. The molecule has 19 heavy (non-hydrogen) atoms. The van der Waals surface area contributed by atoms with Gasteiger partial charge in [-0.25, -0.2) is 9.97 Å². The number of aromatic nitrogens is 2. The lowest BCUT2D eigenvalue weighted by molar-refractivity contribution is 0.0707. The van der Waals surface area contributed by atoms with Crippen LogP contribution in [0, 0.1) is 6.92 Å².